The van der Waals surface area contributed by atoms with Crippen molar-refractivity contribution >= 4 is 43.3 Å². The van der Waals surface area contributed by atoms with Crippen molar-refractivity contribution in [3.05, 3.63) is 18.2 Å². The zero-order valence-electron chi connectivity index (χ0n) is 26.8. The minimum atomic E-state index is -5.08. The molecule has 7 atom stereocenters. The number of hydrogen-bond donors (Lipinski definition) is 9. The maximum Gasteiger partial charge on any atom is 0.469 e. The molecule has 0 bridgehead atoms. The molecule has 0 radical (unpaired) electrons. The molecule has 19 nitrogen and oxygen atoms in total. The average molecular weight is 689 g/mol. The zero-order valence-corrected chi connectivity index (χ0v) is 27.7. The normalized spacial score (nSPS) is 19.6. The SMILES string of the molecule is CC(=O)N1CC(C)C[C@H]1C(=O)N[C@@H](CC(C)C)C(=O)N[C@@H](Cc1cnc[nH]1)C(=O)N[C@@H](CO)C(=O)N[C@H](C(N)=O)[C@@H](C)OP(=O)(O)O. The number of aromatic nitrogens is 2. The summed E-state index contributed by atoms with van der Waals surface area (Å²) in [6.07, 6.45) is 1.58. The topological polar surface area (TPSA) is 295 Å². The molecule has 1 saturated heterocycles. The average Bonchev–Trinajstić information content (AvgIpc) is 3.61. The third-order valence-electron chi connectivity index (χ3n) is 7.36. The fourth-order valence-corrected chi connectivity index (χ4v) is 5.68. The standard InChI is InChI=1S/C27H45N8O11P/c1-13(2)6-18(32-27(42)21-7-14(3)10-35(21)16(5)37)24(39)31-19(8-17-9-29-12-30-17)25(40)33-20(11-36)26(41)34-22(23(28)38)15(4)46-47(43,44)45/h9,12-15,18-22,36H,6-8,10-11H2,1-5H3,(H2,28,38)(H,29,30)(H,31,39)(H,32,42)(H,33,40)(H,34,41)(H2,43,44,45)/t14?,15-,18+,19+,20+,21+,22+/m1/s1. The number of imidazole rings is 1. The van der Waals surface area contributed by atoms with E-state index in [0.717, 1.165) is 6.92 Å². The third kappa shape index (κ3) is 12.3. The van der Waals surface area contributed by atoms with E-state index >= 15 is 0 Å². The number of likely N-dealkylation sites (tertiary alicyclic amines) is 1. The maximum absolute atomic E-state index is 13.6. The van der Waals surface area contributed by atoms with Gasteiger partial charge in [-0.1, -0.05) is 20.8 Å². The second kappa shape index (κ2) is 17.3. The van der Waals surface area contributed by atoms with Crippen molar-refractivity contribution in [3.63, 3.8) is 0 Å². The number of aromatic amines is 1. The minimum Gasteiger partial charge on any atom is -0.394 e. The summed E-state index contributed by atoms with van der Waals surface area (Å²) < 4.78 is 15.6. The summed E-state index contributed by atoms with van der Waals surface area (Å²) in [5, 5.41) is 19.5. The maximum atomic E-state index is 13.6. The number of rotatable bonds is 17. The molecule has 0 spiro atoms. The summed E-state index contributed by atoms with van der Waals surface area (Å²) in [6, 6.07) is -6.71. The number of aliphatic hydroxyl groups excluding tert-OH is 1. The Morgan fingerprint density at radius 3 is 2.15 bits per heavy atom. The number of hydrogen-bond acceptors (Lipinski definition) is 10. The predicted molar refractivity (Wildman–Crippen MR) is 163 cm³/mol. The Bertz CT molecular complexity index is 1320. The van der Waals surface area contributed by atoms with Crippen molar-refractivity contribution in [2.24, 2.45) is 17.6 Å². The quantitative estimate of drug-likeness (QED) is 0.0749. The van der Waals surface area contributed by atoms with Gasteiger partial charge < -0.3 is 51.8 Å². The molecule has 10 N–H and O–H groups in total. The van der Waals surface area contributed by atoms with Crippen LogP contribution in [0, 0.1) is 11.8 Å². The van der Waals surface area contributed by atoms with Gasteiger partial charge in [-0.05, 0) is 31.6 Å². The second-order valence-electron chi connectivity index (χ2n) is 12.0. The molecule has 2 heterocycles. The third-order valence-corrected chi connectivity index (χ3v) is 7.97. The van der Waals surface area contributed by atoms with Gasteiger partial charge >= 0.3 is 7.82 Å². The number of aliphatic hydroxyl groups is 1. The van der Waals surface area contributed by atoms with Crippen LogP contribution in [-0.2, 0) is 44.3 Å². The van der Waals surface area contributed by atoms with Gasteiger partial charge in [-0.15, -0.1) is 0 Å². The van der Waals surface area contributed by atoms with Gasteiger partial charge in [0.05, 0.1) is 19.0 Å². The van der Waals surface area contributed by atoms with Crippen molar-refractivity contribution in [2.75, 3.05) is 13.2 Å². The molecule has 0 aromatic carbocycles. The lowest BCUT2D eigenvalue weighted by Gasteiger charge is -2.28. The lowest BCUT2D eigenvalue weighted by molar-refractivity contribution is -0.139. The molecule has 1 unspecified atom stereocenters. The minimum absolute atomic E-state index is 0.0741. The number of carbonyl (C=O) groups excluding carboxylic acids is 6. The van der Waals surface area contributed by atoms with Gasteiger partial charge in [0.2, 0.25) is 35.4 Å². The van der Waals surface area contributed by atoms with Crippen LogP contribution >= 0.6 is 7.82 Å². The van der Waals surface area contributed by atoms with Crippen LogP contribution in [0.4, 0.5) is 0 Å². The van der Waals surface area contributed by atoms with Gasteiger partial charge in [-0.2, -0.15) is 0 Å². The Morgan fingerprint density at radius 2 is 1.64 bits per heavy atom. The Labute approximate surface area is 271 Å². The first-order valence-electron chi connectivity index (χ1n) is 14.9. The Balaban J connectivity index is 2.24. The number of carbonyl (C=O) groups is 6. The second-order valence-corrected chi connectivity index (χ2v) is 13.2. The van der Waals surface area contributed by atoms with E-state index in [4.69, 9.17) is 15.5 Å². The van der Waals surface area contributed by atoms with E-state index in [1.807, 2.05) is 20.8 Å². The molecule has 1 aromatic heterocycles. The van der Waals surface area contributed by atoms with E-state index in [1.54, 1.807) is 0 Å². The van der Waals surface area contributed by atoms with Crippen LogP contribution in [0.3, 0.4) is 0 Å². The lowest BCUT2D eigenvalue weighted by atomic mass is 10.0. The lowest BCUT2D eigenvalue weighted by Crippen LogP contribution is -2.61. The number of H-pyrrole nitrogens is 1. The highest BCUT2D eigenvalue weighted by molar-refractivity contribution is 7.46. The summed E-state index contributed by atoms with van der Waals surface area (Å²) >= 11 is 0. The first kappa shape index (κ1) is 39.3. The fourth-order valence-electron chi connectivity index (χ4n) is 5.13. The van der Waals surface area contributed by atoms with E-state index in [9.17, 15) is 38.4 Å². The molecule has 264 valence electrons. The van der Waals surface area contributed by atoms with Crippen molar-refractivity contribution in [1.29, 1.82) is 0 Å². The molecule has 20 heteroatoms. The number of nitrogens with one attached hydrogen (secondary N) is 5. The zero-order chi connectivity index (χ0) is 35.6. The molecular weight excluding hydrogens is 643 g/mol. The highest BCUT2D eigenvalue weighted by Gasteiger charge is 2.39. The van der Waals surface area contributed by atoms with Gasteiger partial charge in [-0.3, -0.25) is 33.3 Å². The van der Waals surface area contributed by atoms with E-state index in [1.165, 1.54) is 24.3 Å². The van der Waals surface area contributed by atoms with E-state index in [0.29, 0.717) is 18.7 Å². The first-order chi connectivity index (χ1) is 21.8. The Morgan fingerprint density at radius 1 is 1.04 bits per heavy atom. The molecule has 1 aliphatic heterocycles. The van der Waals surface area contributed by atoms with Crippen molar-refractivity contribution in [2.45, 2.75) is 90.2 Å². The molecule has 0 aliphatic carbocycles. The summed E-state index contributed by atoms with van der Waals surface area (Å²) in [4.78, 5) is 103. The van der Waals surface area contributed by atoms with Gasteiger partial charge in [0.25, 0.3) is 0 Å². The molecule has 0 saturated carbocycles. The van der Waals surface area contributed by atoms with E-state index < -0.39 is 80.3 Å². The van der Waals surface area contributed by atoms with Crippen LogP contribution in [0.5, 0.6) is 0 Å². The van der Waals surface area contributed by atoms with Gasteiger partial charge in [0, 0.05) is 31.8 Å². The largest absolute Gasteiger partial charge is 0.469 e. The number of primary amides is 1. The van der Waals surface area contributed by atoms with Crippen LogP contribution in [0.2, 0.25) is 0 Å². The van der Waals surface area contributed by atoms with Crippen LogP contribution in [-0.4, -0.2) is 115 Å². The van der Waals surface area contributed by atoms with E-state index in [-0.39, 0.29) is 30.6 Å². The number of amides is 6. The van der Waals surface area contributed by atoms with Gasteiger partial charge in [0.1, 0.15) is 30.2 Å². The number of phosphoric acid groups is 1. The summed E-state index contributed by atoms with van der Waals surface area (Å²) in [7, 11) is -5.08. The van der Waals surface area contributed by atoms with Gasteiger partial charge in [0.15, 0.2) is 0 Å². The smallest absolute Gasteiger partial charge is 0.394 e. The summed E-state index contributed by atoms with van der Waals surface area (Å²) in [6.45, 7) is 7.41. The van der Waals surface area contributed by atoms with Crippen molar-refractivity contribution < 1.29 is 52.7 Å². The highest BCUT2D eigenvalue weighted by atomic mass is 31.2. The molecule has 47 heavy (non-hydrogen) atoms. The van der Waals surface area contributed by atoms with Crippen LogP contribution in [0.1, 0.15) is 53.2 Å². The van der Waals surface area contributed by atoms with Crippen LogP contribution in [0.15, 0.2) is 12.5 Å². The van der Waals surface area contributed by atoms with Crippen LogP contribution < -0.4 is 27.0 Å². The summed E-state index contributed by atoms with van der Waals surface area (Å²) in [5.41, 5.74) is 5.66. The van der Waals surface area contributed by atoms with Crippen LogP contribution in [0.25, 0.3) is 0 Å². The van der Waals surface area contributed by atoms with E-state index in [2.05, 4.69) is 35.8 Å². The summed E-state index contributed by atoms with van der Waals surface area (Å²) in [5.74, 6) is -4.83. The predicted octanol–water partition coefficient (Wildman–Crippen LogP) is -2.83. The molecular formula is C27H45N8O11P. The fraction of sp³-hybridized carbons (Fsp3) is 0.667. The van der Waals surface area contributed by atoms with Gasteiger partial charge in [-0.25, -0.2) is 9.55 Å². The highest BCUT2D eigenvalue weighted by Crippen LogP contribution is 2.38. The van der Waals surface area contributed by atoms with Crippen molar-refractivity contribution in [1.82, 2.24) is 36.1 Å². The molecule has 6 amide bonds. The Kier molecular flexibility index (Phi) is 14.5. The molecule has 1 fully saturated rings. The molecule has 1 aromatic rings. The number of nitrogens with two attached hydrogens (primary N) is 1. The van der Waals surface area contributed by atoms with Crippen molar-refractivity contribution in [3.8, 4) is 0 Å². The molecule has 2 rings (SSSR count). The Hall–Kier alpha value is -3.90. The monoisotopic (exact) mass is 688 g/mol. The first-order valence-corrected chi connectivity index (χ1v) is 16.5. The number of phosphoric ester groups is 1. The number of nitrogens with zero attached hydrogens (tertiary/aromatic N) is 2. The molecule has 1 aliphatic rings.